The number of carbonyl (C=O) groups excluding carboxylic acids is 1. The predicted octanol–water partition coefficient (Wildman–Crippen LogP) is 4.27. The van der Waals surface area contributed by atoms with Crippen LogP contribution < -0.4 is 10.1 Å². The summed E-state index contributed by atoms with van der Waals surface area (Å²) in [6.45, 7) is 1.29. The van der Waals surface area contributed by atoms with Crippen LogP contribution in [0.5, 0.6) is 5.75 Å². The number of amides is 1. The van der Waals surface area contributed by atoms with Crippen molar-refractivity contribution >= 4 is 11.6 Å². The van der Waals surface area contributed by atoms with Crippen molar-refractivity contribution in [3.8, 4) is 22.9 Å². The Balaban J connectivity index is 1.51. The Bertz CT molecular complexity index is 1220. The van der Waals surface area contributed by atoms with Crippen molar-refractivity contribution in [1.82, 2.24) is 19.9 Å². The summed E-state index contributed by atoms with van der Waals surface area (Å²) < 4.78 is 52.3. The highest BCUT2D eigenvalue weighted by Gasteiger charge is 2.40. The molecule has 0 aliphatic carbocycles. The van der Waals surface area contributed by atoms with Crippen LogP contribution in [0.15, 0.2) is 65.3 Å². The normalized spacial score (nSPS) is 11.4. The summed E-state index contributed by atoms with van der Waals surface area (Å²) in [7, 11) is 0. The van der Waals surface area contributed by atoms with Crippen LogP contribution in [-0.4, -0.2) is 32.4 Å². The molecule has 0 fully saturated rings. The first-order chi connectivity index (χ1) is 15.3. The number of carbonyl (C=O) groups is 1. The Morgan fingerprint density at radius 2 is 1.84 bits per heavy atom. The van der Waals surface area contributed by atoms with Gasteiger partial charge in [0.1, 0.15) is 5.75 Å². The molecule has 2 heterocycles. The summed E-state index contributed by atoms with van der Waals surface area (Å²) in [5, 5.41) is 10.0. The number of nitrogens with one attached hydrogen (secondary N) is 1. The van der Waals surface area contributed by atoms with Crippen LogP contribution in [0, 0.1) is 6.92 Å². The number of para-hydroxylation sites is 1. The van der Waals surface area contributed by atoms with Crippen LogP contribution in [-0.2, 0) is 11.0 Å². The van der Waals surface area contributed by atoms with E-state index in [0.717, 1.165) is 10.9 Å². The lowest BCUT2D eigenvalue weighted by Gasteiger charge is -2.12. The zero-order valence-corrected chi connectivity index (χ0v) is 16.6. The number of hydrogen-bond donors (Lipinski definition) is 1. The topological polar surface area (TPSA) is 95.1 Å². The predicted molar refractivity (Wildman–Crippen MR) is 107 cm³/mol. The third-order valence-corrected chi connectivity index (χ3v) is 4.30. The Morgan fingerprint density at radius 1 is 1.12 bits per heavy atom. The van der Waals surface area contributed by atoms with Crippen molar-refractivity contribution in [2.45, 2.75) is 13.1 Å². The summed E-state index contributed by atoms with van der Waals surface area (Å²) in [5.41, 5.74) is -0.843. The smallest absolute Gasteiger partial charge is 0.434 e. The van der Waals surface area contributed by atoms with Gasteiger partial charge in [0.05, 0.1) is 17.4 Å². The van der Waals surface area contributed by atoms with Gasteiger partial charge < -0.3 is 14.6 Å². The molecule has 0 saturated carbocycles. The number of aryl methyl sites for hydroxylation is 1. The molecule has 11 heteroatoms. The van der Waals surface area contributed by atoms with E-state index in [1.54, 1.807) is 24.3 Å². The SMILES string of the molecule is Cc1noc(-c2cnn(-c3ccc(NC(=O)COc4ccccc4)cc3)c2C(F)(F)F)n1. The summed E-state index contributed by atoms with van der Waals surface area (Å²) in [6.07, 6.45) is -3.71. The standard InChI is InChI=1S/C21H16F3N5O3/c1-13-26-20(32-28-13)17-11-25-29(19(17)21(22,23)24)15-9-7-14(8-10-15)27-18(30)12-31-16-5-3-2-4-6-16/h2-11H,12H2,1H3,(H,27,30). The van der Waals surface area contributed by atoms with E-state index < -0.39 is 17.8 Å². The van der Waals surface area contributed by atoms with E-state index in [2.05, 4.69) is 20.6 Å². The molecule has 2 aromatic heterocycles. The second kappa shape index (κ2) is 8.53. The molecule has 0 aliphatic heterocycles. The monoisotopic (exact) mass is 443 g/mol. The van der Waals surface area contributed by atoms with E-state index >= 15 is 0 Å². The molecule has 4 aromatic rings. The van der Waals surface area contributed by atoms with Gasteiger partial charge in [-0.15, -0.1) is 0 Å². The van der Waals surface area contributed by atoms with Crippen LogP contribution in [0.1, 0.15) is 11.5 Å². The van der Waals surface area contributed by atoms with Gasteiger partial charge >= 0.3 is 6.18 Å². The maximum atomic E-state index is 13.8. The minimum atomic E-state index is -4.73. The van der Waals surface area contributed by atoms with Gasteiger partial charge in [-0.1, -0.05) is 23.4 Å². The second-order valence-corrected chi connectivity index (χ2v) is 6.66. The fourth-order valence-corrected chi connectivity index (χ4v) is 2.93. The first-order valence-electron chi connectivity index (χ1n) is 9.35. The van der Waals surface area contributed by atoms with Gasteiger partial charge in [-0.2, -0.15) is 23.3 Å². The van der Waals surface area contributed by atoms with E-state index in [-0.39, 0.29) is 29.6 Å². The van der Waals surface area contributed by atoms with Gasteiger partial charge in [-0.25, -0.2) is 4.68 Å². The van der Waals surface area contributed by atoms with Gasteiger partial charge in [0.15, 0.2) is 18.1 Å². The van der Waals surface area contributed by atoms with Crippen molar-refractivity contribution in [2.24, 2.45) is 0 Å². The van der Waals surface area contributed by atoms with Crippen molar-refractivity contribution in [2.75, 3.05) is 11.9 Å². The fraction of sp³-hybridized carbons (Fsp3) is 0.143. The van der Waals surface area contributed by atoms with Crippen LogP contribution >= 0.6 is 0 Å². The Labute approximate surface area is 179 Å². The van der Waals surface area contributed by atoms with Crippen molar-refractivity contribution in [1.29, 1.82) is 0 Å². The second-order valence-electron chi connectivity index (χ2n) is 6.66. The number of benzene rings is 2. The highest BCUT2D eigenvalue weighted by atomic mass is 19.4. The van der Waals surface area contributed by atoms with Crippen LogP contribution in [0.2, 0.25) is 0 Å². The van der Waals surface area contributed by atoms with Crippen LogP contribution in [0.4, 0.5) is 18.9 Å². The van der Waals surface area contributed by atoms with Gasteiger partial charge in [0.25, 0.3) is 11.8 Å². The molecule has 0 unspecified atom stereocenters. The zero-order chi connectivity index (χ0) is 22.7. The number of aromatic nitrogens is 4. The summed E-state index contributed by atoms with van der Waals surface area (Å²) in [6, 6.07) is 14.6. The van der Waals surface area contributed by atoms with Gasteiger partial charge in [0.2, 0.25) is 0 Å². The number of rotatable bonds is 6. The molecule has 0 radical (unpaired) electrons. The highest BCUT2D eigenvalue weighted by molar-refractivity contribution is 5.91. The third-order valence-electron chi connectivity index (χ3n) is 4.30. The molecule has 32 heavy (non-hydrogen) atoms. The molecule has 0 spiro atoms. The molecule has 0 aliphatic rings. The number of hydrogen-bond acceptors (Lipinski definition) is 6. The van der Waals surface area contributed by atoms with E-state index in [1.807, 2.05) is 6.07 Å². The van der Waals surface area contributed by atoms with Crippen molar-refractivity contribution in [3.05, 3.63) is 72.3 Å². The minimum absolute atomic E-state index is 0.137. The largest absolute Gasteiger partial charge is 0.484 e. The minimum Gasteiger partial charge on any atom is -0.484 e. The molecule has 0 saturated heterocycles. The Kier molecular flexibility index (Phi) is 5.63. The zero-order valence-electron chi connectivity index (χ0n) is 16.6. The lowest BCUT2D eigenvalue weighted by Crippen LogP contribution is -2.20. The molecule has 8 nitrogen and oxygen atoms in total. The molecule has 1 N–H and O–H groups in total. The number of anilines is 1. The summed E-state index contributed by atoms with van der Waals surface area (Å²) in [5.74, 6) is 0.0647. The molecule has 0 atom stereocenters. The molecular weight excluding hydrogens is 427 g/mol. The maximum Gasteiger partial charge on any atom is 0.434 e. The van der Waals surface area contributed by atoms with Crippen molar-refractivity contribution < 1.29 is 27.2 Å². The average molecular weight is 443 g/mol. The molecule has 0 bridgehead atoms. The number of ether oxygens (including phenoxy) is 1. The quantitative estimate of drug-likeness (QED) is 0.478. The first-order valence-corrected chi connectivity index (χ1v) is 9.35. The average Bonchev–Trinajstić information content (AvgIpc) is 3.40. The third kappa shape index (κ3) is 4.61. The molecule has 2 aromatic carbocycles. The number of alkyl halides is 3. The molecule has 4 rings (SSSR count). The van der Waals surface area contributed by atoms with Gasteiger partial charge in [0, 0.05) is 5.69 Å². The van der Waals surface area contributed by atoms with E-state index in [9.17, 15) is 18.0 Å². The van der Waals surface area contributed by atoms with Crippen LogP contribution in [0.25, 0.3) is 17.1 Å². The highest BCUT2D eigenvalue weighted by Crippen LogP contribution is 2.37. The Morgan fingerprint density at radius 3 is 2.47 bits per heavy atom. The Hall–Kier alpha value is -4.15. The van der Waals surface area contributed by atoms with E-state index in [4.69, 9.17) is 9.26 Å². The van der Waals surface area contributed by atoms with Crippen LogP contribution in [0.3, 0.4) is 0 Å². The molecule has 164 valence electrons. The molecule has 1 amide bonds. The lowest BCUT2D eigenvalue weighted by molar-refractivity contribution is -0.142. The first kappa shape index (κ1) is 21.1. The summed E-state index contributed by atoms with van der Waals surface area (Å²) >= 11 is 0. The van der Waals surface area contributed by atoms with Crippen molar-refractivity contribution in [3.63, 3.8) is 0 Å². The van der Waals surface area contributed by atoms with E-state index in [1.165, 1.54) is 31.2 Å². The number of halogens is 3. The number of nitrogens with zero attached hydrogens (tertiary/aromatic N) is 4. The van der Waals surface area contributed by atoms with E-state index in [0.29, 0.717) is 11.4 Å². The molecular formula is C21H16F3N5O3. The fourth-order valence-electron chi connectivity index (χ4n) is 2.93. The lowest BCUT2D eigenvalue weighted by atomic mass is 10.2. The summed E-state index contributed by atoms with van der Waals surface area (Å²) in [4.78, 5) is 15.9. The van der Waals surface area contributed by atoms with Gasteiger partial charge in [-0.05, 0) is 43.3 Å². The van der Waals surface area contributed by atoms with Gasteiger partial charge in [-0.3, -0.25) is 4.79 Å². The maximum absolute atomic E-state index is 13.8.